The highest BCUT2D eigenvalue weighted by Gasteiger charge is 2.01. The Morgan fingerprint density at radius 1 is 1.27 bits per heavy atom. The number of hydrogen-bond donors (Lipinski definition) is 2. The maximum atomic E-state index is 8.65. The second-order valence-corrected chi connectivity index (χ2v) is 3.94. The Bertz CT molecular complexity index is 268. The Morgan fingerprint density at radius 2 is 1.93 bits per heavy atom. The van der Waals surface area contributed by atoms with E-state index in [0.717, 1.165) is 18.7 Å². The van der Waals surface area contributed by atoms with Crippen molar-refractivity contribution in [2.75, 3.05) is 18.5 Å². The largest absolute Gasteiger partial charge is 0.396 e. The number of nitrogens with one attached hydrogen (secondary N) is 1. The molecule has 1 aromatic carbocycles. The molecule has 0 spiro atoms. The first-order chi connectivity index (χ1) is 7.27. The van der Waals surface area contributed by atoms with Gasteiger partial charge in [-0.2, -0.15) is 0 Å². The Labute approximate surface area is 92.3 Å². The molecule has 0 amide bonds. The second kappa shape index (κ2) is 6.46. The number of aliphatic hydroxyl groups is 1. The van der Waals surface area contributed by atoms with E-state index in [0.29, 0.717) is 5.92 Å². The fraction of sp³-hybridized carbons (Fsp3) is 0.538. The minimum atomic E-state index is 0.248. The molecule has 0 saturated heterocycles. The predicted molar refractivity (Wildman–Crippen MR) is 65.3 cm³/mol. The topological polar surface area (TPSA) is 32.3 Å². The highest BCUT2D eigenvalue weighted by Crippen LogP contribution is 2.20. The van der Waals surface area contributed by atoms with Crippen molar-refractivity contribution in [3.8, 4) is 0 Å². The minimum absolute atomic E-state index is 0.248. The van der Waals surface area contributed by atoms with Gasteiger partial charge in [0.1, 0.15) is 0 Å². The molecule has 1 unspecified atom stereocenters. The van der Waals surface area contributed by atoms with Gasteiger partial charge in [0.25, 0.3) is 0 Å². The van der Waals surface area contributed by atoms with Gasteiger partial charge in [-0.1, -0.05) is 26.0 Å². The average Bonchev–Trinajstić information content (AvgIpc) is 2.29. The molecule has 1 aromatic rings. The van der Waals surface area contributed by atoms with Gasteiger partial charge in [-0.25, -0.2) is 0 Å². The van der Waals surface area contributed by atoms with Crippen molar-refractivity contribution in [2.45, 2.75) is 32.6 Å². The molecule has 1 atom stereocenters. The number of anilines is 1. The quantitative estimate of drug-likeness (QED) is 0.703. The zero-order valence-corrected chi connectivity index (χ0v) is 9.66. The van der Waals surface area contributed by atoms with Gasteiger partial charge in [-0.05, 0) is 36.5 Å². The van der Waals surface area contributed by atoms with Crippen molar-refractivity contribution in [1.29, 1.82) is 0 Å². The highest BCUT2D eigenvalue weighted by atomic mass is 16.3. The van der Waals surface area contributed by atoms with Crippen LogP contribution in [0.15, 0.2) is 24.3 Å². The first-order valence-corrected chi connectivity index (χ1v) is 5.72. The summed E-state index contributed by atoms with van der Waals surface area (Å²) in [7, 11) is 0. The Morgan fingerprint density at radius 3 is 2.47 bits per heavy atom. The summed E-state index contributed by atoms with van der Waals surface area (Å²) >= 11 is 0. The highest BCUT2D eigenvalue weighted by molar-refractivity contribution is 5.45. The van der Waals surface area contributed by atoms with Crippen LogP contribution in [0.25, 0.3) is 0 Å². The molecular formula is C13H21NO. The normalized spacial score (nSPS) is 12.5. The summed E-state index contributed by atoms with van der Waals surface area (Å²) in [4.78, 5) is 0. The van der Waals surface area contributed by atoms with E-state index in [1.807, 2.05) is 0 Å². The fourth-order valence-electron chi connectivity index (χ4n) is 1.48. The number of aliphatic hydroxyl groups excluding tert-OH is 1. The summed E-state index contributed by atoms with van der Waals surface area (Å²) < 4.78 is 0. The van der Waals surface area contributed by atoms with Gasteiger partial charge in [0, 0.05) is 18.8 Å². The zero-order valence-electron chi connectivity index (χ0n) is 9.66. The van der Waals surface area contributed by atoms with E-state index < -0.39 is 0 Å². The third-order valence-corrected chi connectivity index (χ3v) is 2.76. The van der Waals surface area contributed by atoms with Gasteiger partial charge in [0.05, 0.1) is 0 Å². The van der Waals surface area contributed by atoms with Crippen LogP contribution in [-0.4, -0.2) is 18.3 Å². The predicted octanol–water partition coefficient (Wildman–Crippen LogP) is 2.99. The molecule has 84 valence electrons. The SMILES string of the molecule is CCC(C)c1ccc(NCCCO)cc1. The molecular weight excluding hydrogens is 186 g/mol. The lowest BCUT2D eigenvalue weighted by molar-refractivity contribution is 0.292. The first-order valence-electron chi connectivity index (χ1n) is 5.72. The van der Waals surface area contributed by atoms with Gasteiger partial charge in [0.2, 0.25) is 0 Å². The summed E-state index contributed by atoms with van der Waals surface area (Å²) in [6.45, 7) is 5.53. The van der Waals surface area contributed by atoms with Crippen LogP contribution < -0.4 is 5.32 Å². The summed E-state index contributed by atoms with van der Waals surface area (Å²) in [5.41, 5.74) is 2.53. The van der Waals surface area contributed by atoms with E-state index in [1.54, 1.807) is 0 Å². The maximum Gasteiger partial charge on any atom is 0.0447 e. The van der Waals surface area contributed by atoms with Crippen LogP contribution in [0.5, 0.6) is 0 Å². The Balaban J connectivity index is 2.49. The fourth-order valence-corrected chi connectivity index (χ4v) is 1.48. The van der Waals surface area contributed by atoms with Gasteiger partial charge >= 0.3 is 0 Å². The van der Waals surface area contributed by atoms with Crippen LogP contribution in [0, 0.1) is 0 Å². The van der Waals surface area contributed by atoms with E-state index in [2.05, 4.69) is 43.4 Å². The van der Waals surface area contributed by atoms with E-state index in [9.17, 15) is 0 Å². The molecule has 0 aliphatic rings. The van der Waals surface area contributed by atoms with Crippen molar-refractivity contribution < 1.29 is 5.11 Å². The molecule has 0 heterocycles. The molecule has 15 heavy (non-hydrogen) atoms. The van der Waals surface area contributed by atoms with Crippen LogP contribution in [0.1, 0.15) is 38.2 Å². The van der Waals surface area contributed by atoms with Crippen LogP contribution in [0.2, 0.25) is 0 Å². The lowest BCUT2D eigenvalue weighted by atomic mass is 9.99. The lowest BCUT2D eigenvalue weighted by Crippen LogP contribution is -2.03. The van der Waals surface area contributed by atoms with Crippen LogP contribution in [-0.2, 0) is 0 Å². The molecule has 0 radical (unpaired) electrons. The molecule has 2 N–H and O–H groups in total. The monoisotopic (exact) mass is 207 g/mol. The molecule has 0 aliphatic carbocycles. The molecule has 0 fully saturated rings. The number of hydrogen-bond acceptors (Lipinski definition) is 2. The molecule has 0 aliphatic heterocycles. The minimum Gasteiger partial charge on any atom is -0.396 e. The van der Waals surface area contributed by atoms with E-state index in [4.69, 9.17) is 5.11 Å². The van der Waals surface area contributed by atoms with Crippen molar-refractivity contribution in [2.24, 2.45) is 0 Å². The van der Waals surface area contributed by atoms with Gasteiger partial charge in [-0.3, -0.25) is 0 Å². The van der Waals surface area contributed by atoms with Crippen molar-refractivity contribution in [1.82, 2.24) is 0 Å². The van der Waals surface area contributed by atoms with Crippen molar-refractivity contribution in [3.63, 3.8) is 0 Å². The van der Waals surface area contributed by atoms with E-state index >= 15 is 0 Å². The van der Waals surface area contributed by atoms with E-state index in [1.165, 1.54) is 12.0 Å². The zero-order chi connectivity index (χ0) is 11.1. The standard InChI is InChI=1S/C13H21NO/c1-3-11(2)12-5-7-13(8-6-12)14-9-4-10-15/h5-8,11,14-15H,3-4,9-10H2,1-2H3. The summed E-state index contributed by atoms with van der Waals surface area (Å²) in [6, 6.07) is 8.57. The van der Waals surface area contributed by atoms with Crippen molar-refractivity contribution in [3.05, 3.63) is 29.8 Å². The first kappa shape index (κ1) is 12.1. The summed E-state index contributed by atoms with van der Waals surface area (Å²) in [5.74, 6) is 0.636. The number of rotatable bonds is 6. The smallest absolute Gasteiger partial charge is 0.0447 e. The molecule has 1 rings (SSSR count). The summed E-state index contributed by atoms with van der Waals surface area (Å²) in [6.07, 6.45) is 1.98. The summed E-state index contributed by atoms with van der Waals surface area (Å²) in [5, 5.41) is 11.9. The third-order valence-electron chi connectivity index (χ3n) is 2.76. The van der Waals surface area contributed by atoms with Crippen LogP contribution in [0.3, 0.4) is 0 Å². The van der Waals surface area contributed by atoms with Crippen molar-refractivity contribution >= 4 is 5.69 Å². The molecule has 2 nitrogen and oxygen atoms in total. The van der Waals surface area contributed by atoms with Crippen LogP contribution in [0.4, 0.5) is 5.69 Å². The van der Waals surface area contributed by atoms with Gasteiger partial charge in [0.15, 0.2) is 0 Å². The lowest BCUT2D eigenvalue weighted by Gasteiger charge is -2.10. The second-order valence-electron chi connectivity index (χ2n) is 3.94. The van der Waals surface area contributed by atoms with Crippen LogP contribution >= 0.6 is 0 Å². The maximum absolute atomic E-state index is 8.65. The Kier molecular flexibility index (Phi) is 5.19. The number of benzene rings is 1. The molecule has 0 aromatic heterocycles. The Hall–Kier alpha value is -1.02. The van der Waals surface area contributed by atoms with E-state index in [-0.39, 0.29) is 6.61 Å². The third kappa shape index (κ3) is 3.92. The molecule has 0 saturated carbocycles. The molecule has 0 bridgehead atoms. The average molecular weight is 207 g/mol. The van der Waals surface area contributed by atoms with Gasteiger partial charge in [-0.15, -0.1) is 0 Å². The van der Waals surface area contributed by atoms with Gasteiger partial charge < -0.3 is 10.4 Å². The molecule has 2 heteroatoms.